The Morgan fingerprint density at radius 3 is 2.31 bits per heavy atom. The fourth-order valence-electron chi connectivity index (χ4n) is 3.48. The molecule has 0 aromatic carbocycles. The summed E-state index contributed by atoms with van der Waals surface area (Å²) in [7, 11) is 0. The number of morpholine rings is 1. The molecular formula is C18H21N7O. The fraction of sp³-hybridized carbons (Fsp3) is 0.500. The van der Waals surface area contributed by atoms with Gasteiger partial charge in [-0.25, -0.2) is 19.9 Å². The molecule has 0 amide bonds. The molecular weight excluding hydrogens is 330 g/mol. The first kappa shape index (κ1) is 16.7. The molecule has 2 saturated heterocycles. The number of rotatable bonds is 3. The molecule has 4 heterocycles. The number of nitriles is 1. The van der Waals surface area contributed by atoms with Crippen molar-refractivity contribution in [2.24, 2.45) is 0 Å². The maximum Gasteiger partial charge on any atom is 0.234 e. The molecule has 0 aliphatic carbocycles. The quantitative estimate of drug-likeness (QED) is 0.819. The minimum Gasteiger partial charge on any atom is -0.378 e. The highest BCUT2D eigenvalue weighted by molar-refractivity contribution is 5.41. The summed E-state index contributed by atoms with van der Waals surface area (Å²) >= 11 is 0. The summed E-state index contributed by atoms with van der Waals surface area (Å²) in [5, 5.41) is 8.96. The van der Waals surface area contributed by atoms with Crippen LogP contribution in [0.5, 0.6) is 0 Å². The SMILES string of the molecule is N#Cc1nccc(N2CCC(c3nccc(N4CCOCC4)n3)CC2)n1. The molecule has 2 fully saturated rings. The second-order valence-corrected chi connectivity index (χ2v) is 6.48. The predicted molar refractivity (Wildman–Crippen MR) is 96.0 cm³/mol. The molecule has 0 saturated carbocycles. The summed E-state index contributed by atoms with van der Waals surface area (Å²) in [5.74, 6) is 3.30. The largest absolute Gasteiger partial charge is 0.378 e. The maximum absolute atomic E-state index is 8.96. The highest BCUT2D eigenvalue weighted by atomic mass is 16.5. The second kappa shape index (κ2) is 7.62. The summed E-state index contributed by atoms with van der Waals surface area (Å²) in [6, 6.07) is 5.83. The van der Waals surface area contributed by atoms with Gasteiger partial charge in [-0.2, -0.15) is 5.26 Å². The van der Waals surface area contributed by atoms with Crippen molar-refractivity contribution in [2.75, 3.05) is 49.2 Å². The van der Waals surface area contributed by atoms with Gasteiger partial charge in [0.1, 0.15) is 23.5 Å². The lowest BCUT2D eigenvalue weighted by Gasteiger charge is -2.32. The number of aromatic nitrogens is 4. The van der Waals surface area contributed by atoms with E-state index in [1.807, 2.05) is 24.4 Å². The van der Waals surface area contributed by atoms with Crippen LogP contribution >= 0.6 is 0 Å². The van der Waals surface area contributed by atoms with Crippen molar-refractivity contribution in [1.29, 1.82) is 5.26 Å². The average molecular weight is 351 g/mol. The monoisotopic (exact) mass is 351 g/mol. The number of hydrogen-bond donors (Lipinski definition) is 0. The van der Waals surface area contributed by atoms with Crippen LogP contribution in [0.2, 0.25) is 0 Å². The Hall–Kier alpha value is -2.79. The number of nitrogens with zero attached hydrogens (tertiary/aromatic N) is 7. The topological polar surface area (TPSA) is 91.1 Å². The van der Waals surface area contributed by atoms with Gasteiger partial charge in [0.25, 0.3) is 0 Å². The van der Waals surface area contributed by atoms with Crippen LogP contribution in [0, 0.1) is 11.3 Å². The summed E-state index contributed by atoms with van der Waals surface area (Å²) in [6.07, 6.45) is 5.45. The lowest BCUT2D eigenvalue weighted by Crippen LogP contribution is -2.37. The first-order valence-corrected chi connectivity index (χ1v) is 8.97. The van der Waals surface area contributed by atoms with Crippen LogP contribution in [0.15, 0.2) is 24.5 Å². The predicted octanol–water partition coefficient (Wildman–Crippen LogP) is 1.36. The third-order valence-electron chi connectivity index (χ3n) is 4.92. The lowest BCUT2D eigenvalue weighted by atomic mass is 9.96. The standard InChI is InChI=1S/C18H21N7O/c19-13-15-20-5-1-16(22-15)24-7-3-14(4-8-24)18-21-6-2-17(23-18)25-9-11-26-12-10-25/h1-2,5-6,14H,3-4,7-12H2. The van der Waals surface area contributed by atoms with Crippen LogP contribution < -0.4 is 9.80 Å². The zero-order valence-electron chi connectivity index (χ0n) is 14.6. The minimum atomic E-state index is 0.214. The van der Waals surface area contributed by atoms with Crippen molar-refractivity contribution in [2.45, 2.75) is 18.8 Å². The van der Waals surface area contributed by atoms with Crippen LogP contribution in [0.4, 0.5) is 11.6 Å². The van der Waals surface area contributed by atoms with E-state index in [4.69, 9.17) is 15.0 Å². The minimum absolute atomic E-state index is 0.214. The second-order valence-electron chi connectivity index (χ2n) is 6.48. The molecule has 0 unspecified atom stereocenters. The molecule has 2 aromatic rings. The van der Waals surface area contributed by atoms with E-state index in [1.54, 1.807) is 6.20 Å². The molecule has 8 heteroatoms. The summed E-state index contributed by atoms with van der Waals surface area (Å²) in [6.45, 7) is 5.01. The van der Waals surface area contributed by atoms with Gasteiger partial charge in [-0.3, -0.25) is 0 Å². The lowest BCUT2D eigenvalue weighted by molar-refractivity contribution is 0.122. The maximum atomic E-state index is 8.96. The Morgan fingerprint density at radius 2 is 1.58 bits per heavy atom. The Balaban J connectivity index is 1.42. The number of piperidine rings is 1. The molecule has 0 N–H and O–H groups in total. The van der Waals surface area contributed by atoms with Crippen molar-refractivity contribution in [3.05, 3.63) is 36.2 Å². The fourth-order valence-corrected chi connectivity index (χ4v) is 3.48. The van der Waals surface area contributed by atoms with Gasteiger partial charge >= 0.3 is 0 Å². The Kier molecular flexibility index (Phi) is 4.88. The van der Waals surface area contributed by atoms with E-state index in [-0.39, 0.29) is 5.82 Å². The van der Waals surface area contributed by atoms with E-state index >= 15 is 0 Å². The van der Waals surface area contributed by atoms with Gasteiger partial charge in [0.2, 0.25) is 5.82 Å². The molecule has 2 aliphatic rings. The molecule has 0 radical (unpaired) electrons. The van der Waals surface area contributed by atoms with Gasteiger partial charge in [0.05, 0.1) is 13.2 Å². The van der Waals surface area contributed by atoms with Gasteiger partial charge in [-0.1, -0.05) is 0 Å². The number of anilines is 2. The molecule has 0 atom stereocenters. The smallest absolute Gasteiger partial charge is 0.234 e. The third-order valence-corrected chi connectivity index (χ3v) is 4.92. The molecule has 0 spiro atoms. The van der Waals surface area contributed by atoms with Crippen molar-refractivity contribution in [3.63, 3.8) is 0 Å². The molecule has 4 rings (SSSR count). The molecule has 2 aromatic heterocycles. The zero-order chi connectivity index (χ0) is 17.8. The van der Waals surface area contributed by atoms with Crippen LogP contribution in [0.1, 0.15) is 30.4 Å². The van der Waals surface area contributed by atoms with Crippen molar-refractivity contribution >= 4 is 11.6 Å². The third kappa shape index (κ3) is 3.58. The van der Waals surface area contributed by atoms with E-state index < -0.39 is 0 Å². The molecule has 8 nitrogen and oxygen atoms in total. The molecule has 134 valence electrons. The normalized spacial score (nSPS) is 18.6. The van der Waals surface area contributed by atoms with E-state index in [0.29, 0.717) is 5.92 Å². The average Bonchev–Trinajstić information content (AvgIpc) is 2.75. The van der Waals surface area contributed by atoms with Crippen molar-refractivity contribution in [3.8, 4) is 6.07 Å². The molecule has 2 aliphatic heterocycles. The van der Waals surface area contributed by atoms with Gasteiger partial charge in [0.15, 0.2) is 0 Å². The first-order valence-electron chi connectivity index (χ1n) is 8.97. The van der Waals surface area contributed by atoms with E-state index in [9.17, 15) is 0 Å². The Labute approximate surface area is 152 Å². The van der Waals surface area contributed by atoms with Crippen molar-refractivity contribution in [1.82, 2.24) is 19.9 Å². The van der Waals surface area contributed by atoms with Gasteiger partial charge < -0.3 is 14.5 Å². The van der Waals surface area contributed by atoms with Crippen LogP contribution in [0.3, 0.4) is 0 Å². The first-order chi connectivity index (χ1) is 12.8. The summed E-state index contributed by atoms with van der Waals surface area (Å²) < 4.78 is 5.42. The van der Waals surface area contributed by atoms with E-state index in [2.05, 4.69) is 24.8 Å². The Bertz CT molecular complexity index is 792. The summed E-state index contributed by atoms with van der Waals surface area (Å²) in [4.78, 5) is 22.0. The van der Waals surface area contributed by atoms with Crippen LogP contribution in [-0.2, 0) is 4.74 Å². The van der Waals surface area contributed by atoms with Crippen LogP contribution in [0.25, 0.3) is 0 Å². The number of hydrogen-bond acceptors (Lipinski definition) is 8. The highest BCUT2D eigenvalue weighted by Crippen LogP contribution is 2.28. The van der Waals surface area contributed by atoms with E-state index in [1.165, 1.54) is 0 Å². The van der Waals surface area contributed by atoms with Gasteiger partial charge in [-0.05, 0) is 25.0 Å². The van der Waals surface area contributed by atoms with Gasteiger partial charge in [-0.15, -0.1) is 0 Å². The zero-order valence-corrected chi connectivity index (χ0v) is 14.6. The van der Waals surface area contributed by atoms with Gasteiger partial charge in [0, 0.05) is 44.5 Å². The number of ether oxygens (including phenoxy) is 1. The molecule has 0 bridgehead atoms. The van der Waals surface area contributed by atoms with E-state index in [0.717, 1.165) is 69.7 Å². The van der Waals surface area contributed by atoms with Crippen molar-refractivity contribution < 1.29 is 4.74 Å². The Morgan fingerprint density at radius 1 is 0.923 bits per heavy atom. The van der Waals surface area contributed by atoms with Crippen LogP contribution in [-0.4, -0.2) is 59.3 Å². The summed E-state index contributed by atoms with van der Waals surface area (Å²) in [5.41, 5.74) is 0. The molecule has 26 heavy (non-hydrogen) atoms. The highest BCUT2D eigenvalue weighted by Gasteiger charge is 2.24.